The second kappa shape index (κ2) is 8.82. The molecule has 1 aromatic carbocycles. The molecule has 4 rings (SSSR count). The van der Waals surface area contributed by atoms with Crippen LogP contribution in [0.15, 0.2) is 34.9 Å². The van der Waals surface area contributed by atoms with Crippen molar-refractivity contribution >= 4 is 29.3 Å². The number of hydrogen-bond acceptors (Lipinski definition) is 7. The van der Waals surface area contributed by atoms with Gasteiger partial charge in [0.1, 0.15) is 5.70 Å². The van der Waals surface area contributed by atoms with E-state index >= 15 is 0 Å². The number of anilines is 1. The van der Waals surface area contributed by atoms with E-state index in [1.165, 1.54) is 4.90 Å². The average molecular weight is 447 g/mol. The summed E-state index contributed by atoms with van der Waals surface area (Å²) in [6, 6.07) is 8.08. The number of β-lactam (4-membered cyclic amide) rings is 1. The number of hydrogen-bond donors (Lipinski definition) is 5. The Morgan fingerprint density at radius 2 is 2.10 bits per heavy atom. The predicted octanol–water partition coefficient (Wildman–Crippen LogP) is 1.17. The van der Waals surface area contributed by atoms with Gasteiger partial charge in [-0.2, -0.15) is 0 Å². The number of rotatable bonds is 8. The number of nitrogens with one attached hydrogen (secondary N) is 2. The summed E-state index contributed by atoms with van der Waals surface area (Å²) in [5.41, 5.74) is 7.88. The molecule has 8 nitrogen and oxygen atoms in total. The Balaban J connectivity index is 1.38. The van der Waals surface area contributed by atoms with Crippen LogP contribution in [0, 0.1) is 11.8 Å². The van der Waals surface area contributed by atoms with Crippen molar-refractivity contribution in [3.05, 3.63) is 40.4 Å². The minimum absolute atomic E-state index is 0.0911. The molecule has 1 aromatic rings. The van der Waals surface area contributed by atoms with Crippen LogP contribution in [-0.2, 0) is 16.1 Å². The molecule has 2 fully saturated rings. The molecule has 6 N–H and O–H groups in total. The Kier molecular flexibility index (Phi) is 6.30. The predicted molar refractivity (Wildman–Crippen MR) is 120 cm³/mol. The first-order valence-electron chi connectivity index (χ1n) is 10.7. The number of benzene rings is 1. The molecule has 0 unspecified atom stereocenters. The van der Waals surface area contributed by atoms with Crippen LogP contribution in [0.25, 0.3) is 0 Å². The summed E-state index contributed by atoms with van der Waals surface area (Å²) < 4.78 is 0. The summed E-state index contributed by atoms with van der Waals surface area (Å²) in [6.45, 7) is 5.64. The van der Waals surface area contributed by atoms with Gasteiger partial charge in [-0.15, -0.1) is 11.8 Å². The number of carbonyl (C=O) groups is 2. The summed E-state index contributed by atoms with van der Waals surface area (Å²) in [7, 11) is 0. The molecule has 1 amide bonds. The maximum absolute atomic E-state index is 12.5. The van der Waals surface area contributed by atoms with Crippen molar-refractivity contribution in [3.63, 3.8) is 0 Å². The molecule has 3 heterocycles. The summed E-state index contributed by atoms with van der Waals surface area (Å²) in [5.74, 6) is -1.97. The van der Waals surface area contributed by atoms with E-state index in [4.69, 9.17) is 5.73 Å². The topological polar surface area (TPSA) is 128 Å². The van der Waals surface area contributed by atoms with Gasteiger partial charge in [0.25, 0.3) is 0 Å². The monoisotopic (exact) mass is 446 g/mol. The van der Waals surface area contributed by atoms with E-state index in [9.17, 15) is 19.8 Å². The van der Waals surface area contributed by atoms with Crippen molar-refractivity contribution < 1.29 is 19.8 Å². The van der Waals surface area contributed by atoms with Crippen molar-refractivity contribution in [1.82, 2.24) is 10.2 Å². The third kappa shape index (κ3) is 4.07. The fraction of sp³-hybridized carbons (Fsp3) is 0.545. The Bertz CT molecular complexity index is 888. The number of aliphatic carboxylic acids is 1. The molecule has 9 heteroatoms. The fourth-order valence-corrected chi connectivity index (χ4v) is 6.40. The van der Waals surface area contributed by atoms with Crippen molar-refractivity contribution in [1.29, 1.82) is 0 Å². The van der Waals surface area contributed by atoms with Crippen molar-refractivity contribution in [2.75, 3.05) is 18.4 Å². The van der Waals surface area contributed by atoms with Crippen LogP contribution in [0.3, 0.4) is 0 Å². The van der Waals surface area contributed by atoms with Crippen LogP contribution >= 0.6 is 11.8 Å². The quantitative estimate of drug-likeness (QED) is 0.377. The third-order valence-corrected chi connectivity index (χ3v) is 8.04. The van der Waals surface area contributed by atoms with Crippen LogP contribution in [0.4, 0.5) is 5.69 Å². The molecule has 3 aliphatic rings. The maximum Gasteiger partial charge on any atom is 0.353 e. The number of nitrogens with two attached hydrogens (primary N) is 1. The molecule has 0 spiro atoms. The van der Waals surface area contributed by atoms with Gasteiger partial charge in [-0.05, 0) is 31.0 Å². The normalized spacial score (nSPS) is 30.9. The standard InChI is InChI=1S/C22H30N4O4S/c1-11-18-17(12(2)27)21(28)26(18)19(22(29)30)20(11)31-16-7-15(25-10-16)9-24-14-5-3-13(8-23)4-6-14/h3-6,11-12,15-18,24-25,27H,7-10,23H2,1-2H3,(H,29,30)/t11-,12-,15+,16+,17-,18-/m1/s1. The van der Waals surface area contributed by atoms with Crippen LogP contribution in [0.2, 0.25) is 0 Å². The summed E-state index contributed by atoms with van der Waals surface area (Å²) in [5, 5.41) is 26.9. The highest BCUT2D eigenvalue weighted by Gasteiger charge is 2.60. The first-order chi connectivity index (χ1) is 14.8. The molecule has 3 aliphatic heterocycles. The van der Waals surface area contributed by atoms with Gasteiger partial charge < -0.3 is 31.5 Å². The molecule has 31 heavy (non-hydrogen) atoms. The molecule has 0 radical (unpaired) electrons. The lowest BCUT2D eigenvalue weighted by Crippen LogP contribution is -2.63. The summed E-state index contributed by atoms with van der Waals surface area (Å²) in [6.07, 6.45) is 0.123. The number of amides is 1. The molecule has 0 saturated carbocycles. The molecule has 2 saturated heterocycles. The smallest absolute Gasteiger partial charge is 0.353 e. The van der Waals surface area contributed by atoms with Gasteiger partial charge in [-0.25, -0.2) is 4.79 Å². The number of aliphatic hydroxyl groups excluding tert-OH is 1. The summed E-state index contributed by atoms with van der Waals surface area (Å²) >= 11 is 1.57. The number of carbonyl (C=O) groups excluding carboxylic acids is 1. The molecular formula is C22H30N4O4S. The Hall–Kier alpha value is -2.07. The first kappa shape index (κ1) is 22.1. The van der Waals surface area contributed by atoms with Gasteiger partial charge in [0.15, 0.2) is 0 Å². The van der Waals surface area contributed by atoms with E-state index < -0.39 is 18.0 Å². The second-order valence-electron chi connectivity index (χ2n) is 8.63. The zero-order valence-electron chi connectivity index (χ0n) is 17.7. The van der Waals surface area contributed by atoms with Gasteiger partial charge in [0, 0.05) is 47.4 Å². The number of fused-ring (bicyclic) bond motifs is 1. The van der Waals surface area contributed by atoms with Gasteiger partial charge in [-0.3, -0.25) is 4.79 Å². The molecule has 6 atom stereocenters. The minimum Gasteiger partial charge on any atom is -0.477 e. The molecule has 0 aliphatic carbocycles. The van der Waals surface area contributed by atoms with Crippen LogP contribution in [-0.4, -0.2) is 63.5 Å². The third-order valence-electron chi connectivity index (χ3n) is 6.53. The van der Waals surface area contributed by atoms with Crippen LogP contribution in [0.5, 0.6) is 0 Å². The summed E-state index contributed by atoms with van der Waals surface area (Å²) in [4.78, 5) is 26.6. The zero-order valence-corrected chi connectivity index (χ0v) is 18.6. The Morgan fingerprint density at radius 1 is 1.39 bits per heavy atom. The molecule has 168 valence electrons. The highest BCUT2D eigenvalue weighted by Crippen LogP contribution is 2.51. The zero-order chi connectivity index (χ0) is 22.3. The number of thioether (sulfide) groups is 1. The lowest BCUT2D eigenvalue weighted by atomic mass is 9.79. The minimum atomic E-state index is -1.07. The highest BCUT2D eigenvalue weighted by molar-refractivity contribution is 8.03. The van der Waals surface area contributed by atoms with Gasteiger partial charge in [-0.1, -0.05) is 19.1 Å². The van der Waals surface area contributed by atoms with E-state index in [1.807, 2.05) is 31.2 Å². The van der Waals surface area contributed by atoms with Crippen molar-refractivity contribution in [2.24, 2.45) is 17.6 Å². The highest BCUT2D eigenvalue weighted by atomic mass is 32.2. The van der Waals surface area contributed by atoms with Crippen molar-refractivity contribution in [2.45, 2.75) is 50.3 Å². The van der Waals surface area contributed by atoms with E-state index in [0.29, 0.717) is 6.54 Å². The van der Waals surface area contributed by atoms with Crippen molar-refractivity contribution in [3.8, 4) is 0 Å². The van der Waals surface area contributed by atoms with E-state index in [0.717, 1.165) is 35.7 Å². The van der Waals surface area contributed by atoms with Gasteiger partial charge in [0.2, 0.25) is 5.91 Å². The number of aliphatic hydroxyl groups is 1. The van der Waals surface area contributed by atoms with Gasteiger partial charge in [0.05, 0.1) is 18.1 Å². The average Bonchev–Trinajstić information content (AvgIpc) is 3.28. The molecule has 0 bridgehead atoms. The first-order valence-corrected chi connectivity index (χ1v) is 11.6. The lowest BCUT2D eigenvalue weighted by molar-refractivity contribution is -0.163. The van der Waals surface area contributed by atoms with E-state index in [2.05, 4.69) is 10.6 Å². The number of nitrogens with zero attached hydrogens (tertiary/aromatic N) is 1. The molecule has 0 aromatic heterocycles. The van der Waals surface area contributed by atoms with Crippen LogP contribution < -0.4 is 16.4 Å². The fourth-order valence-electron chi connectivity index (χ4n) is 4.89. The SMILES string of the molecule is C[C@@H](O)[C@H]1C(=O)N2C(C(=O)O)=C(S[C@@H]3CN[C@H](CNc4ccc(CN)cc4)C3)[C@H](C)[C@H]12. The molecular weight excluding hydrogens is 416 g/mol. The largest absolute Gasteiger partial charge is 0.477 e. The lowest BCUT2D eigenvalue weighted by Gasteiger charge is -2.46. The Morgan fingerprint density at radius 3 is 2.71 bits per heavy atom. The van der Waals surface area contributed by atoms with Crippen LogP contribution in [0.1, 0.15) is 25.8 Å². The van der Waals surface area contributed by atoms with Gasteiger partial charge >= 0.3 is 5.97 Å². The second-order valence-corrected chi connectivity index (χ2v) is 9.98. The van der Waals surface area contributed by atoms with E-state index in [-0.39, 0.29) is 34.9 Å². The maximum atomic E-state index is 12.5. The Labute approximate surface area is 186 Å². The number of carboxylic acid groups (broad SMARTS) is 1. The number of carboxylic acids is 1. The van der Waals surface area contributed by atoms with E-state index in [1.54, 1.807) is 18.7 Å².